The zero-order valence-electron chi connectivity index (χ0n) is 19.1. The van der Waals surface area contributed by atoms with Crippen LogP contribution in [-0.4, -0.2) is 68.4 Å². The number of hydrogen-bond acceptors (Lipinski definition) is 4. The second-order valence-corrected chi connectivity index (χ2v) is 9.09. The zero-order valence-corrected chi connectivity index (χ0v) is 19.1. The van der Waals surface area contributed by atoms with Gasteiger partial charge < -0.3 is 9.88 Å². The topological polar surface area (TPSA) is 53.0 Å². The molecule has 33 heavy (non-hydrogen) atoms. The molecule has 6 nitrogen and oxygen atoms in total. The summed E-state index contributed by atoms with van der Waals surface area (Å²) >= 11 is 0. The van der Waals surface area contributed by atoms with Crippen molar-refractivity contribution in [3.05, 3.63) is 78.5 Å². The lowest BCUT2D eigenvalue weighted by Gasteiger charge is -2.39. The molecule has 2 atom stereocenters. The first kappa shape index (κ1) is 21.8. The zero-order chi connectivity index (χ0) is 22.6. The van der Waals surface area contributed by atoms with Crippen molar-refractivity contribution in [2.45, 2.75) is 38.0 Å². The van der Waals surface area contributed by atoms with E-state index in [9.17, 15) is 0 Å². The van der Waals surface area contributed by atoms with Gasteiger partial charge in [-0.25, -0.2) is 4.39 Å². The number of alkyl halides is 1. The lowest BCUT2D eigenvalue weighted by Crippen LogP contribution is -2.51. The maximum atomic E-state index is 15.0. The number of halogens is 1. The molecule has 0 radical (unpaired) electrons. The van der Waals surface area contributed by atoms with E-state index in [-0.39, 0.29) is 6.04 Å². The maximum absolute atomic E-state index is 15.0. The lowest BCUT2D eigenvalue weighted by molar-refractivity contribution is 0.0429. The monoisotopic (exact) mass is 446 g/mol. The van der Waals surface area contributed by atoms with Gasteiger partial charge in [-0.2, -0.15) is 0 Å². The van der Waals surface area contributed by atoms with Crippen molar-refractivity contribution >= 4 is 10.9 Å². The van der Waals surface area contributed by atoms with Gasteiger partial charge >= 0.3 is 0 Å². The first-order valence-electron chi connectivity index (χ1n) is 11.7. The minimum Gasteiger partial charge on any atom is -0.361 e. The molecule has 0 spiro atoms. The Morgan fingerprint density at radius 3 is 2.73 bits per heavy atom. The molecule has 4 aromatic rings. The van der Waals surface area contributed by atoms with E-state index in [4.69, 9.17) is 0 Å². The number of benzene rings is 2. The Morgan fingerprint density at radius 2 is 1.94 bits per heavy atom. The Hall–Kier alpha value is -3.03. The van der Waals surface area contributed by atoms with Crippen LogP contribution in [0, 0.1) is 0 Å². The van der Waals surface area contributed by atoms with Gasteiger partial charge in [-0.05, 0) is 68.7 Å². The molecule has 2 aromatic carbocycles. The summed E-state index contributed by atoms with van der Waals surface area (Å²) < 4.78 is 17.0. The van der Waals surface area contributed by atoms with E-state index in [1.54, 1.807) is 12.7 Å². The fourth-order valence-electron chi connectivity index (χ4n) is 5.00. The fraction of sp³-hybridized carbons (Fsp3) is 0.385. The molecule has 1 fully saturated rings. The van der Waals surface area contributed by atoms with E-state index in [1.165, 1.54) is 16.5 Å². The quantitative estimate of drug-likeness (QED) is 0.440. The predicted octanol–water partition coefficient (Wildman–Crippen LogP) is 4.23. The van der Waals surface area contributed by atoms with Crippen molar-refractivity contribution in [3.63, 3.8) is 0 Å². The average molecular weight is 447 g/mol. The molecule has 1 saturated heterocycles. The number of aryl methyl sites for hydroxylation is 1. The largest absolute Gasteiger partial charge is 0.361 e. The lowest BCUT2D eigenvalue weighted by atomic mass is 10.00. The van der Waals surface area contributed by atoms with Crippen LogP contribution in [0.4, 0.5) is 4.39 Å². The van der Waals surface area contributed by atoms with Crippen LogP contribution in [0.3, 0.4) is 0 Å². The fourth-order valence-corrected chi connectivity index (χ4v) is 5.00. The van der Waals surface area contributed by atoms with Crippen molar-refractivity contribution in [3.8, 4) is 5.69 Å². The summed E-state index contributed by atoms with van der Waals surface area (Å²) in [4.78, 5) is 7.84. The number of rotatable bonds is 8. The van der Waals surface area contributed by atoms with E-state index in [2.05, 4.69) is 61.5 Å². The SMILES string of the molecule is CN(Cc1ccccc1)C1CCN(CCCc2c[nH]c3ccc(-n4cnnc4)cc23)CC1F. The minimum absolute atomic E-state index is 0.00818. The Bertz CT molecular complexity index is 1160. The first-order valence-corrected chi connectivity index (χ1v) is 11.7. The van der Waals surface area contributed by atoms with Crippen molar-refractivity contribution < 1.29 is 4.39 Å². The first-order chi connectivity index (χ1) is 16.2. The molecular formula is C26H31FN6. The molecule has 172 valence electrons. The van der Waals surface area contributed by atoms with Crippen molar-refractivity contribution in [1.29, 1.82) is 0 Å². The van der Waals surface area contributed by atoms with Gasteiger partial charge in [-0.15, -0.1) is 10.2 Å². The second-order valence-electron chi connectivity index (χ2n) is 9.09. The van der Waals surface area contributed by atoms with Gasteiger partial charge in [0.25, 0.3) is 0 Å². The van der Waals surface area contributed by atoms with Crippen LogP contribution in [0.2, 0.25) is 0 Å². The molecule has 2 unspecified atom stereocenters. The van der Waals surface area contributed by atoms with Crippen molar-refractivity contribution in [1.82, 2.24) is 29.5 Å². The van der Waals surface area contributed by atoms with Crippen LogP contribution < -0.4 is 0 Å². The van der Waals surface area contributed by atoms with Crippen LogP contribution >= 0.6 is 0 Å². The van der Waals surface area contributed by atoms with Gasteiger partial charge in [-0.3, -0.25) is 9.47 Å². The van der Waals surface area contributed by atoms with Crippen LogP contribution in [0.1, 0.15) is 24.0 Å². The van der Waals surface area contributed by atoms with Gasteiger partial charge in [0.05, 0.1) is 0 Å². The Labute approximate surface area is 194 Å². The summed E-state index contributed by atoms with van der Waals surface area (Å²) in [5.41, 5.74) is 4.72. The number of hydrogen-bond donors (Lipinski definition) is 1. The summed E-state index contributed by atoms with van der Waals surface area (Å²) in [5.74, 6) is 0. The number of H-pyrrole nitrogens is 1. The number of piperidine rings is 1. The van der Waals surface area contributed by atoms with Crippen LogP contribution in [0.25, 0.3) is 16.6 Å². The van der Waals surface area contributed by atoms with E-state index in [0.717, 1.165) is 50.1 Å². The number of nitrogens with one attached hydrogen (secondary N) is 1. The number of fused-ring (bicyclic) bond motifs is 1. The summed E-state index contributed by atoms with van der Waals surface area (Å²) in [6, 6.07) is 16.7. The molecule has 0 amide bonds. The third-order valence-corrected chi connectivity index (χ3v) is 6.82. The van der Waals surface area contributed by atoms with Crippen molar-refractivity contribution in [2.75, 3.05) is 26.7 Å². The standard InChI is InChI=1S/C26H31FN6/c1-31(16-20-6-3-2-4-7-20)26-11-13-32(17-24(26)27)12-5-8-21-15-28-25-10-9-22(14-23(21)25)33-18-29-30-19-33/h2-4,6-7,9-10,14-15,18-19,24,26,28H,5,8,11-13,16-17H2,1H3. The molecule has 3 heterocycles. The van der Waals surface area contributed by atoms with E-state index in [1.807, 2.05) is 29.8 Å². The van der Waals surface area contributed by atoms with Gasteiger partial charge in [0.2, 0.25) is 0 Å². The molecule has 0 bridgehead atoms. The van der Waals surface area contributed by atoms with Gasteiger partial charge in [0.1, 0.15) is 18.8 Å². The van der Waals surface area contributed by atoms with E-state index >= 15 is 4.39 Å². The molecule has 7 heteroatoms. The number of aromatic amines is 1. The Balaban J connectivity index is 1.14. The highest BCUT2D eigenvalue weighted by Crippen LogP contribution is 2.24. The number of likely N-dealkylation sites (tertiary alicyclic amines) is 1. The summed E-state index contributed by atoms with van der Waals surface area (Å²) in [6.07, 6.45) is 7.57. The maximum Gasteiger partial charge on any atom is 0.128 e. The third-order valence-electron chi connectivity index (χ3n) is 6.82. The predicted molar refractivity (Wildman–Crippen MR) is 129 cm³/mol. The van der Waals surface area contributed by atoms with E-state index in [0.29, 0.717) is 6.54 Å². The highest BCUT2D eigenvalue weighted by atomic mass is 19.1. The molecule has 2 aromatic heterocycles. The van der Waals surface area contributed by atoms with Gasteiger partial charge in [0.15, 0.2) is 0 Å². The van der Waals surface area contributed by atoms with Crippen molar-refractivity contribution in [2.24, 2.45) is 0 Å². The average Bonchev–Trinajstić information content (AvgIpc) is 3.50. The smallest absolute Gasteiger partial charge is 0.128 e. The summed E-state index contributed by atoms with van der Waals surface area (Å²) in [6.45, 7) is 3.20. The Kier molecular flexibility index (Phi) is 6.51. The molecule has 5 rings (SSSR count). The highest BCUT2D eigenvalue weighted by Gasteiger charge is 2.31. The minimum atomic E-state index is -0.813. The molecule has 1 aliphatic heterocycles. The van der Waals surface area contributed by atoms with Gasteiger partial charge in [0, 0.05) is 41.9 Å². The third kappa shape index (κ3) is 4.99. The number of aromatic nitrogens is 4. The van der Waals surface area contributed by atoms with Crippen LogP contribution in [0.5, 0.6) is 0 Å². The highest BCUT2D eigenvalue weighted by molar-refractivity contribution is 5.85. The molecule has 0 saturated carbocycles. The Morgan fingerprint density at radius 1 is 1.12 bits per heavy atom. The summed E-state index contributed by atoms with van der Waals surface area (Å²) in [5, 5.41) is 9.03. The molecule has 1 aliphatic rings. The normalized spacial score (nSPS) is 19.5. The molecule has 0 aliphatic carbocycles. The molecule has 1 N–H and O–H groups in total. The van der Waals surface area contributed by atoms with Crippen LogP contribution in [0.15, 0.2) is 67.4 Å². The number of nitrogens with zero attached hydrogens (tertiary/aromatic N) is 5. The summed E-state index contributed by atoms with van der Waals surface area (Å²) in [7, 11) is 2.05. The van der Waals surface area contributed by atoms with E-state index < -0.39 is 6.17 Å². The molecular weight excluding hydrogens is 415 g/mol. The van der Waals surface area contributed by atoms with Gasteiger partial charge in [-0.1, -0.05) is 30.3 Å². The second kappa shape index (κ2) is 9.85. The van der Waals surface area contributed by atoms with Crippen LogP contribution in [-0.2, 0) is 13.0 Å².